The zero-order valence-corrected chi connectivity index (χ0v) is 46.3. The summed E-state index contributed by atoms with van der Waals surface area (Å²) >= 11 is 3.86. The zero-order chi connectivity index (χ0) is 50.2. The van der Waals surface area contributed by atoms with Crippen LogP contribution in [0.15, 0.2) is 109 Å². The maximum atomic E-state index is 2.58. The first-order valence-electron chi connectivity index (χ1n) is 26.0. The van der Waals surface area contributed by atoms with Crippen LogP contribution < -0.4 is 31.4 Å². The molecular formula is C66H71B2NS2. The number of fused-ring (bicyclic) bond motifs is 3. The van der Waals surface area contributed by atoms with Gasteiger partial charge in [-0.1, -0.05) is 200 Å². The van der Waals surface area contributed by atoms with Gasteiger partial charge < -0.3 is 4.57 Å². The van der Waals surface area contributed by atoms with E-state index in [2.05, 4.69) is 228 Å². The first-order valence-corrected chi connectivity index (χ1v) is 27.6. The van der Waals surface area contributed by atoms with E-state index < -0.39 is 0 Å². The molecule has 358 valence electrons. The van der Waals surface area contributed by atoms with E-state index in [1.165, 1.54) is 167 Å². The van der Waals surface area contributed by atoms with Crippen LogP contribution in [-0.4, -0.2) is 18.0 Å². The molecule has 0 saturated heterocycles. The molecule has 0 fully saturated rings. The predicted molar refractivity (Wildman–Crippen MR) is 322 cm³/mol. The van der Waals surface area contributed by atoms with Crippen molar-refractivity contribution in [1.29, 1.82) is 0 Å². The molecule has 0 amide bonds. The number of aryl methyl sites for hydroxylation is 13. The number of nitrogens with zero attached hydrogens (tertiary/aromatic N) is 1. The summed E-state index contributed by atoms with van der Waals surface area (Å²) in [7, 11) is 0. The molecule has 0 saturated carbocycles. The Kier molecular flexibility index (Phi) is 14.9. The van der Waals surface area contributed by atoms with Crippen LogP contribution in [0.2, 0.25) is 0 Å². The summed E-state index contributed by atoms with van der Waals surface area (Å²) in [6.07, 6.45) is 14.3. The van der Waals surface area contributed by atoms with Crippen molar-refractivity contribution >= 4 is 114 Å². The van der Waals surface area contributed by atoms with Crippen molar-refractivity contribution in [3.05, 3.63) is 197 Å². The first kappa shape index (κ1) is 50.1. The van der Waals surface area contributed by atoms with E-state index in [0.29, 0.717) is 0 Å². The van der Waals surface area contributed by atoms with Crippen LogP contribution in [-0.2, 0) is 6.54 Å². The molecule has 3 aromatic heterocycles. The van der Waals surface area contributed by atoms with Crippen molar-refractivity contribution in [1.82, 2.24) is 4.57 Å². The lowest BCUT2D eigenvalue weighted by molar-refractivity contribution is 0.602. The Bertz CT molecular complexity index is 3080. The molecular weight excluding hydrogens is 892 g/mol. The minimum Gasteiger partial charge on any atom is -0.340 e. The Morgan fingerprint density at radius 2 is 0.718 bits per heavy atom. The standard InChI is InChI=1S/C66H71B2NS2/c1-14-15-16-17-30-69-59-26-20-53(18-22-55-24-28-61(70-55)67(63-45(6)31-41(2)32-46(63)7)64-47(8)33-42(3)34-48(64)9)39-57(59)58-40-54(21-27-60(58)69)19-23-56-25-29-62(71-56)68(65-49(10)35-43(4)36-50(65)11)66-51(12)37-44(5)38-52(66)13/h18-29,31-40H,14-17,30H2,1-13H3/b22-18+,23-19+. The zero-order valence-electron chi connectivity index (χ0n) is 44.7. The molecule has 0 spiro atoms. The second-order valence-corrected chi connectivity index (χ2v) is 23.3. The summed E-state index contributed by atoms with van der Waals surface area (Å²) < 4.78 is 5.36. The molecule has 9 aromatic rings. The molecule has 0 radical (unpaired) electrons. The maximum absolute atomic E-state index is 2.58. The Hall–Kier alpha value is -5.87. The molecule has 9 rings (SSSR count). The fourth-order valence-electron chi connectivity index (χ4n) is 12.3. The smallest absolute Gasteiger partial charge is 0.255 e. The van der Waals surface area contributed by atoms with Crippen LogP contribution in [0.3, 0.4) is 0 Å². The van der Waals surface area contributed by atoms with Gasteiger partial charge in [0.05, 0.1) is 0 Å². The molecule has 5 heteroatoms. The highest BCUT2D eigenvalue weighted by molar-refractivity contribution is 7.28. The molecule has 71 heavy (non-hydrogen) atoms. The topological polar surface area (TPSA) is 4.93 Å². The number of benzene rings is 6. The van der Waals surface area contributed by atoms with Crippen molar-refractivity contribution in [2.75, 3.05) is 0 Å². The summed E-state index contributed by atoms with van der Waals surface area (Å²) in [5.74, 6) is 0. The van der Waals surface area contributed by atoms with Gasteiger partial charge in [0.15, 0.2) is 0 Å². The largest absolute Gasteiger partial charge is 0.340 e. The van der Waals surface area contributed by atoms with E-state index in [-0.39, 0.29) is 13.4 Å². The lowest BCUT2D eigenvalue weighted by atomic mass is 9.37. The van der Waals surface area contributed by atoms with Gasteiger partial charge in [0.25, 0.3) is 13.4 Å². The molecule has 0 unspecified atom stereocenters. The molecule has 3 heterocycles. The van der Waals surface area contributed by atoms with E-state index in [4.69, 9.17) is 0 Å². The summed E-state index contributed by atoms with van der Waals surface area (Å²) in [5, 5.41) is 2.65. The highest BCUT2D eigenvalue weighted by Gasteiger charge is 2.31. The molecule has 1 nitrogen and oxygen atoms in total. The minimum absolute atomic E-state index is 0.185. The van der Waals surface area contributed by atoms with Gasteiger partial charge in [-0.3, -0.25) is 0 Å². The fraction of sp³-hybridized carbons (Fsp3) is 0.273. The van der Waals surface area contributed by atoms with Gasteiger partial charge >= 0.3 is 0 Å². The highest BCUT2D eigenvalue weighted by atomic mass is 32.1. The third-order valence-corrected chi connectivity index (χ3v) is 17.2. The van der Waals surface area contributed by atoms with Gasteiger partial charge in [-0.25, -0.2) is 0 Å². The molecule has 0 N–H and O–H groups in total. The van der Waals surface area contributed by atoms with Gasteiger partial charge in [-0.15, -0.1) is 22.7 Å². The SMILES string of the molecule is CCCCCCn1c2ccc(/C=C/c3ccc(B(c4c(C)cc(C)cc4C)c4c(C)cc(C)cc4C)s3)cc2c2cc(/C=C/c3ccc(B(c4c(C)cc(C)cc4C)c4c(C)cc(C)cc4C)s3)ccc21. The number of hydrogen-bond acceptors (Lipinski definition) is 2. The first-order chi connectivity index (χ1) is 34.1. The Balaban J connectivity index is 1.06. The molecule has 6 aromatic carbocycles. The van der Waals surface area contributed by atoms with E-state index in [0.717, 1.165) is 6.54 Å². The van der Waals surface area contributed by atoms with Crippen LogP contribution in [0.1, 0.15) is 120 Å². The molecule has 0 aliphatic rings. The summed E-state index contributed by atoms with van der Waals surface area (Å²) in [4.78, 5) is 2.55. The molecule has 0 atom stereocenters. The molecule has 0 bridgehead atoms. The molecule has 0 aliphatic heterocycles. The van der Waals surface area contributed by atoms with Gasteiger partial charge in [-0.2, -0.15) is 0 Å². The average molecular weight is 964 g/mol. The van der Waals surface area contributed by atoms with Crippen LogP contribution >= 0.6 is 22.7 Å². The average Bonchev–Trinajstić information content (AvgIpc) is 4.05. The Morgan fingerprint density at radius 1 is 0.380 bits per heavy atom. The fourth-order valence-corrected chi connectivity index (χ4v) is 14.4. The van der Waals surface area contributed by atoms with Gasteiger partial charge in [0.2, 0.25) is 0 Å². The van der Waals surface area contributed by atoms with Crippen molar-refractivity contribution < 1.29 is 0 Å². The van der Waals surface area contributed by atoms with Crippen LogP contribution in [0, 0.1) is 83.1 Å². The van der Waals surface area contributed by atoms with Gasteiger partial charge in [-0.05, 0) is 159 Å². The number of rotatable bonds is 15. The Labute approximate surface area is 434 Å². The maximum Gasteiger partial charge on any atom is 0.255 e. The van der Waals surface area contributed by atoms with Crippen LogP contribution in [0.25, 0.3) is 46.1 Å². The van der Waals surface area contributed by atoms with E-state index >= 15 is 0 Å². The van der Waals surface area contributed by atoms with Crippen molar-refractivity contribution in [2.45, 2.75) is 122 Å². The second kappa shape index (κ2) is 21.1. The second-order valence-electron chi connectivity index (χ2n) is 21.0. The minimum atomic E-state index is 0.185. The summed E-state index contributed by atoms with van der Waals surface area (Å²) in [6, 6.07) is 42.5. The lowest BCUT2D eigenvalue weighted by Gasteiger charge is -2.23. The summed E-state index contributed by atoms with van der Waals surface area (Å²) in [6.45, 7) is 30.9. The molecule has 0 aliphatic carbocycles. The van der Waals surface area contributed by atoms with Gasteiger partial charge in [0.1, 0.15) is 0 Å². The Morgan fingerprint density at radius 3 is 1.04 bits per heavy atom. The van der Waals surface area contributed by atoms with E-state index in [1.807, 2.05) is 22.7 Å². The number of unbranched alkanes of at least 4 members (excludes halogenated alkanes) is 3. The van der Waals surface area contributed by atoms with Crippen LogP contribution in [0.4, 0.5) is 0 Å². The monoisotopic (exact) mass is 964 g/mol. The number of thiophene rings is 2. The van der Waals surface area contributed by atoms with Crippen molar-refractivity contribution in [3.8, 4) is 0 Å². The number of aromatic nitrogens is 1. The predicted octanol–water partition coefficient (Wildman–Crippen LogP) is 14.6. The number of hydrogen-bond donors (Lipinski definition) is 0. The van der Waals surface area contributed by atoms with Crippen LogP contribution in [0.5, 0.6) is 0 Å². The van der Waals surface area contributed by atoms with Gasteiger partial charge in [0, 0.05) is 38.1 Å². The van der Waals surface area contributed by atoms with E-state index in [9.17, 15) is 0 Å². The lowest BCUT2D eigenvalue weighted by Crippen LogP contribution is -2.54. The van der Waals surface area contributed by atoms with Crippen molar-refractivity contribution in [3.63, 3.8) is 0 Å². The normalized spacial score (nSPS) is 11.9. The third kappa shape index (κ3) is 10.4. The van der Waals surface area contributed by atoms with Crippen molar-refractivity contribution in [2.24, 2.45) is 0 Å². The van der Waals surface area contributed by atoms with E-state index in [1.54, 1.807) is 0 Å². The highest BCUT2D eigenvalue weighted by Crippen LogP contribution is 2.33. The quantitative estimate of drug-likeness (QED) is 0.0713. The third-order valence-electron chi connectivity index (χ3n) is 15.0. The summed E-state index contributed by atoms with van der Waals surface area (Å²) in [5.41, 5.74) is 27.1.